The molecule has 2 aromatic heterocycles. The first-order valence-electron chi connectivity index (χ1n) is 8.09. The van der Waals surface area contributed by atoms with Gasteiger partial charge in [0.2, 0.25) is 0 Å². The Balaban J connectivity index is 1.86. The van der Waals surface area contributed by atoms with Crippen LogP contribution in [0.15, 0.2) is 30.6 Å². The smallest absolute Gasteiger partial charge is 0.335 e. The van der Waals surface area contributed by atoms with E-state index >= 15 is 0 Å². The average molecular weight is 368 g/mol. The number of pyridine rings is 2. The van der Waals surface area contributed by atoms with Crippen LogP contribution < -0.4 is 10.6 Å². The molecule has 2 heterocycles. The van der Waals surface area contributed by atoms with E-state index in [9.17, 15) is 22.4 Å². The molecule has 0 aromatic carbocycles. The molecule has 138 valence electrons. The third kappa shape index (κ3) is 4.27. The summed E-state index contributed by atoms with van der Waals surface area (Å²) in [5.41, 5.74) is -1.69. The predicted molar refractivity (Wildman–Crippen MR) is 86.8 cm³/mol. The SMILES string of the molecule is O=C(Nc1ccc(-c2cncc(F)c2)nc1C(F)(F)F)NC1CCCC1. The highest BCUT2D eigenvalue weighted by Gasteiger charge is 2.36. The number of alkyl halides is 3. The van der Waals surface area contributed by atoms with Crippen molar-refractivity contribution in [2.24, 2.45) is 0 Å². The molecule has 0 aliphatic heterocycles. The number of hydrogen-bond acceptors (Lipinski definition) is 3. The van der Waals surface area contributed by atoms with Crippen LogP contribution in [-0.2, 0) is 6.18 Å². The van der Waals surface area contributed by atoms with Gasteiger partial charge in [-0.3, -0.25) is 4.98 Å². The molecule has 2 aromatic rings. The fourth-order valence-electron chi connectivity index (χ4n) is 2.90. The highest BCUT2D eigenvalue weighted by molar-refractivity contribution is 5.90. The van der Waals surface area contributed by atoms with Crippen molar-refractivity contribution in [3.63, 3.8) is 0 Å². The van der Waals surface area contributed by atoms with Crippen molar-refractivity contribution in [2.45, 2.75) is 37.9 Å². The summed E-state index contributed by atoms with van der Waals surface area (Å²) < 4.78 is 53.3. The molecule has 0 radical (unpaired) electrons. The lowest BCUT2D eigenvalue weighted by atomic mass is 10.1. The van der Waals surface area contributed by atoms with E-state index < -0.39 is 29.4 Å². The standard InChI is InChI=1S/C17H16F4N4O/c18-11-7-10(8-22-9-11)13-5-6-14(15(24-13)17(19,20)21)25-16(26)23-12-3-1-2-4-12/h5-9,12H,1-4H2,(H2,23,25,26). The molecular weight excluding hydrogens is 352 g/mol. The maximum absolute atomic E-state index is 13.4. The molecular formula is C17H16F4N4O. The largest absolute Gasteiger partial charge is 0.435 e. The average Bonchev–Trinajstić information content (AvgIpc) is 3.07. The minimum Gasteiger partial charge on any atom is -0.335 e. The second-order valence-electron chi connectivity index (χ2n) is 6.06. The predicted octanol–water partition coefficient (Wildman–Crippen LogP) is 4.37. The monoisotopic (exact) mass is 368 g/mol. The van der Waals surface area contributed by atoms with Crippen LogP contribution in [-0.4, -0.2) is 22.0 Å². The van der Waals surface area contributed by atoms with E-state index in [0.29, 0.717) is 0 Å². The number of urea groups is 1. The number of hydrogen-bond donors (Lipinski definition) is 2. The van der Waals surface area contributed by atoms with Crippen LogP contribution in [0.2, 0.25) is 0 Å². The maximum Gasteiger partial charge on any atom is 0.435 e. The number of anilines is 1. The third-order valence-corrected chi connectivity index (χ3v) is 4.10. The Morgan fingerprint density at radius 3 is 2.54 bits per heavy atom. The number of nitrogens with zero attached hydrogens (tertiary/aromatic N) is 2. The van der Waals surface area contributed by atoms with Gasteiger partial charge in [-0.05, 0) is 31.0 Å². The molecule has 2 amide bonds. The van der Waals surface area contributed by atoms with Crippen LogP contribution in [0.3, 0.4) is 0 Å². The number of halogens is 4. The van der Waals surface area contributed by atoms with Crippen molar-refractivity contribution in [1.82, 2.24) is 15.3 Å². The van der Waals surface area contributed by atoms with E-state index in [4.69, 9.17) is 0 Å². The van der Waals surface area contributed by atoms with Crippen molar-refractivity contribution in [1.29, 1.82) is 0 Å². The van der Waals surface area contributed by atoms with Gasteiger partial charge in [0.25, 0.3) is 0 Å². The molecule has 2 N–H and O–H groups in total. The molecule has 3 rings (SSSR count). The van der Waals surface area contributed by atoms with Crippen LogP contribution in [0.25, 0.3) is 11.3 Å². The topological polar surface area (TPSA) is 66.9 Å². The Kier molecular flexibility index (Phi) is 5.06. The van der Waals surface area contributed by atoms with Crippen molar-refractivity contribution < 1.29 is 22.4 Å². The normalized spacial score (nSPS) is 15.1. The molecule has 5 nitrogen and oxygen atoms in total. The van der Waals surface area contributed by atoms with Gasteiger partial charge < -0.3 is 10.6 Å². The van der Waals surface area contributed by atoms with Crippen LogP contribution in [0.4, 0.5) is 28.0 Å². The van der Waals surface area contributed by atoms with Crippen molar-refractivity contribution in [3.8, 4) is 11.3 Å². The fourth-order valence-corrected chi connectivity index (χ4v) is 2.90. The van der Waals surface area contributed by atoms with Gasteiger partial charge in [-0.15, -0.1) is 0 Å². The molecule has 9 heteroatoms. The number of amides is 2. The second kappa shape index (κ2) is 7.27. The molecule has 1 aliphatic rings. The Labute approximate surface area is 146 Å². The van der Waals surface area contributed by atoms with Gasteiger partial charge in [0.05, 0.1) is 17.6 Å². The summed E-state index contributed by atoms with van der Waals surface area (Å²) in [7, 11) is 0. The number of nitrogens with one attached hydrogen (secondary N) is 2. The van der Waals surface area contributed by atoms with Crippen LogP contribution in [0.1, 0.15) is 31.4 Å². The van der Waals surface area contributed by atoms with Crippen LogP contribution >= 0.6 is 0 Å². The lowest BCUT2D eigenvalue weighted by molar-refractivity contribution is -0.140. The van der Waals surface area contributed by atoms with E-state index in [0.717, 1.165) is 44.0 Å². The lowest BCUT2D eigenvalue weighted by Gasteiger charge is -2.16. The summed E-state index contributed by atoms with van der Waals surface area (Å²) in [6, 6.07) is 2.68. The Morgan fingerprint density at radius 2 is 1.88 bits per heavy atom. The summed E-state index contributed by atoms with van der Waals surface area (Å²) >= 11 is 0. The van der Waals surface area contributed by atoms with Gasteiger partial charge in [-0.25, -0.2) is 14.2 Å². The fraction of sp³-hybridized carbons (Fsp3) is 0.353. The Morgan fingerprint density at radius 1 is 1.15 bits per heavy atom. The quantitative estimate of drug-likeness (QED) is 0.791. The van der Waals surface area contributed by atoms with Gasteiger partial charge in [0.15, 0.2) is 5.69 Å². The summed E-state index contributed by atoms with van der Waals surface area (Å²) in [6.07, 6.45) is 0.954. The number of rotatable bonds is 3. The summed E-state index contributed by atoms with van der Waals surface area (Å²) in [4.78, 5) is 19.1. The summed E-state index contributed by atoms with van der Waals surface area (Å²) in [6.45, 7) is 0. The zero-order chi connectivity index (χ0) is 18.7. The highest BCUT2D eigenvalue weighted by atomic mass is 19.4. The van der Waals surface area contributed by atoms with E-state index in [-0.39, 0.29) is 17.3 Å². The second-order valence-corrected chi connectivity index (χ2v) is 6.06. The Hall–Kier alpha value is -2.71. The molecule has 26 heavy (non-hydrogen) atoms. The molecule has 0 unspecified atom stereocenters. The number of carbonyl (C=O) groups excluding carboxylic acids is 1. The molecule has 1 aliphatic carbocycles. The zero-order valence-corrected chi connectivity index (χ0v) is 13.6. The minimum atomic E-state index is -4.78. The molecule has 0 bridgehead atoms. The van der Waals surface area contributed by atoms with Gasteiger partial charge in [-0.2, -0.15) is 13.2 Å². The van der Waals surface area contributed by atoms with Gasteiger partial charge >= 0.3 is 12.2 Å². The molecule has 0 spiro atoms. The first-order valence-corrected chi connectivity index (χ1v) is 8.09. The molecule has 0 atom stereocenters. The van der Waals surface area contributed by atoms with Gasteiger partial charge in [0.1, 0.15) is 5.82 Å². The molecule has 1 saturated carbocycles. The van der Waals surface area contributed by atoms with E-state index in [2.05, 4.69) is 20.6 Å². The minimum absolute atomic E-state index is 0.0325. The zero-order valence-electron chi connectivity index (χ0n) is 13.6. The maximum atomic E-state index is 13.4. The van der Waals surface area contributed by atoms with Crippen LogP contribution in [0.5, 0.6) is 0 Å². The van der Waals surface area contributed by atoms with Gasteiger partial charge in [0, 0.05) is 17.8 Å². The number of aromatic nitrogens is 2. The Bertz CT molecular complexity index is 804. The molecule has 1 fully saturated rings. The van der Waals surface area contributed by atoms with Crippen molar-refractivity contribution in [2.75, 3.05) is 5.32 Å². The third-order valence-electron chi connectivity index (χ3n) is 4.10. The summed E-state index contributed by atoms with van der Waals surface area (Å²) in [5.74, 6) is -0.684. The first-order chi connectivity index (χ1) is 12.3. The first kappa shape index (κ1) is 18.1. The van der Waals surface area contributed by atoms with Crippen LogP contribution in [0, 0.1) is 5.82 Å². The van der Waals surface area contributed by atoms with E-state index in [1.807, 2.05) is 0 Å². The van der Waals surface area contributed by atoms with Gasteiger partial charge in [-0.1, -0.05) is 12.8 Å². The van der Waals surface area contributed by atoms with E-state index in [1.54, 1.807) is 0 Å². The lowest BCUT2D eigenvalue weighted by Crippen LogP contribution is -2.36. The van der Waals surface area contributed by atoms with E-state index in [1.165, 1.54) is 12.3 Å². The van der Waals surface area contributed by atoms with Crippen molar-refractivity contribution >= 4 is 11.7 Å². The number of carbonyl (C=O) groups is 1. The van der Waals surface area contributed by atoms with Crippen molar-refractivity contribution in [3.05, 3.63) is 42.1 Å². The molecule has 0 saturated heterocycles. The highest BCUT2D eigenvalue weighted by Crippen LogP contribution is 2.35. The summed E-state index contributed by atoms with van der Waals surface area (Å²) in [5, 5.41) is 4.87.